The summed E-state index contributed by atoms with van der Waals surface area (Å²) in [7, 11) is 1.64. The number of aromatic nitrogens is 3. The Morgan fingerprint density at radius 2 is 1.77 bits per heavy atom. The number of rotatable bonds is 7. The Labute approximate surface area is 257 Å². The van der Waals surface area contributed by atoms with Gasteiger partial charge in [0.1, 0.15) is 11.6 Å². The predicted octanol–water partition coefficient (Wildman–Crippen LogP) is 4.84. The predicted molar refractivity (Wildman–Crippen MR) is 172 cm³/mol. The fraction of sp³-hybridized carbons (Fsp3) is 0.333. The number of aryl methyl sites for hydroxylation is 3. The number of ether oxygens (including phenoxy) is 1. The molecular weight excluding hydrogens is 556 g/mol. The van der Waals surface area contributed by atoms with Crippen LogP contribution < -0.4 is 25.6 Å². The lowest BCUT2D eigenvalue weighted by atomic mass is 10.0. The summed E-state index contributed by atoms with van der Waals surface area (Å²) < 4.78 is 7.73. The number of urea groups is 1. The summed E-state index contributed by atoms with van der Waals surface area (Å²) in [6.45, 7) is 9.35. The average Bonchev–Trinajstić information content (AvgIpc) is 3.48. The van der Waals surface area contributed by atoms with E-state index >= 15 is 0 Å². The molecule has 4 aromatic rings. The molecule has 228 valence electrons. The van der Waals surface area contributed by atoms with Gasteiger partial charge in [0.15, 0.2) is 0 Å². The second kappa shape index (κ2) is 12.3. The van der Waals surface area contributed by atoms with E-state index in [0.717, 1.165) is 71.2 Å². The van der Waals surface area contributed by atoms with E-state index in [0.29, 0.717) is 36.9 Å². The molecule has 0 unspecified atom stereocenters. The average molecular weight is 595 g/mol. The van der Waals surface area contributed by atoms with Gasteiger partial charge in [0.05, 0.1) is 18.4 Å². The van der Waals surface area contributed by atoms with Gasteiger partial charge in [-0.3, -0.25) is 4.79 Å². The van der Waals surface area contributed by atoms with E-state index in [1.165, 1.54) is 0 Å². The van der Waals surface area contributed by atoms with Crippen molar-refractivity contribution in [3.8, 4) is 11.6 Å². The van der Waals surface area contributed by atoms with E-state index in [-0.39, 0.29) is 11.9 Å². The number of hydrogen-bond acceptors (Lipinski definition) is 7. The van der Waals surface area contributed by atoms with Gasteiger partial charge in [-0.2, -0.15) is 4.98 Å². The van der Waals surface area contributed by atoms with Crippen LogP contribution in [-0.4, -0.2) is 71.2 Å². The highest BCUT2D eigenvalue weighted by Crippen LogP contribution is 2.33. The molecule has 0 bridgehead atoms. The Bertz CT molecular complexity index is 1690. The normalized spacial score (nSPS) is 14.0. The molecule has 11 nitrogen and oxygen atoms in total. The number of fused-ring (bicyclic) bond motifs is 3. The maximum absolute atomic E-state index is 13.3. The van der Waals surface area contributed by atoms with Gasteiger partial charge in [0.2, 0.25) is 5.95 Å². The zero-order valence-corrected chi connectivity index (χ0v) is 25.6. The first-order chi connectivity index (χ1) is 21.4. The molecule has 0 spiro atoms. The van der Waals surface area contributed by atoms with E-state index in [4.69, 9.17) is 9.72 Å². The Morgan fingerprint density at radius 3 is 2.50 bits per heavy atom. The molecule has 1 fully saturated rings. The molecule has 2 aromatic heterocycles. The minimum Gasteiger partial charge on any atom is -0.494 e. The smallest absolute Gasteiger partial charge is 0.317 e. The van der Waals surface area contributed by atoms with Gasteiger partial charge in [-0.15, -0.1) is 0 Å². The van der Waals surface area contributed by atoms with Gasteiger partial charge in [0.25, 0.3) is 5.91 Å². The van der Waals surface area contributed by atoms with Crippen LogP contribution in [0, 0.1) is 13.8 Å². The summed E-state index contributed by atoms with van der Waals surface area (Å²) in [5.41, 5.74) is 7.28. The lowest BCUT2D eigenvalue weighted by molar-refractivity contribution is 0.102. The molecule has 3 amide bonds. The Morgan fingerprint density at radius 1 is 1.00 bits per heavy atom. The quantitative estimate of drug-likeness (QED) is 0.280. The number of nitrogens with zero attached hydrogens (tertiary/aromatic N) is 5. The molecule has 44 heavy (non-hydrogen) atoms. The Hall–Kier alpha value is -5.06. The first kappa shape index (κ1) is 29.0. The first-order valence-electron chi connectivity index (χ1n) is 15.0. The molecule has 0 radical (unpaired) electrons. The first-order valence-corrected chi connectivity index (χ1v) is 15.0. The van der Waals surface area contributed by atoms with Crippen LogP contribution in [-0.2, 0) is 12.8 Å². The van der Waals surface area contributed by atoms with Crippen molar-refractivity contribution in [3.05, 3.63) is 82.8 Å². The van der Waals surface area contributed by atoms with Crippen molar-refractivity contribution in [2.75, 3.05) is 55.4 Å². The van der Waals surface area contributed by atoms with Crippen molar-refractivity contribution in [2.24, 2.45) is 0 Å². The second-order valence-corrected chi connectivity index (χ2v) is 11.1. The van der Waals surface area contributed by atoms with Crippen LogP contribution >= 0.6 is 0 Å². The lowest BCUT2D eigenvalue weighted by Gasteiger charge is -2.36. The highest BCUT2D eigenvalue weighted by atomic mass is 16.5. The van der Waals surface area contributed by atoms with Crippen molar-refractivity contribution in [3.63, 3.8) is 0 Å². The number of hydrogen-bond donors (Lipinski definition) is 3. The number of para-hydroxylation sites is 1. The molecular formula is C33H38N8O3. The topological polar surface area (TPSA) is 117 Å². The van der Waals surface area contributed by atoms with Crippen LogP contribution in [0.15, 0.2) is 54.9 Å². The number of benzene rings is 2. The van der Waals surface area contributed by atoms with Crippen LogP contribution in [0.2, 0.25) is 0 Å². The largest absolute Gasteiger partial charge is 0.494 e. The highest BCUT2D eigenvalue weighted by molar-refractivity contribution is 6.06. The van der Waals surface area contributed by atoms with Gasteiger partial charge in [-0.25, -0.2) is 9.78 Å². The minimum absolute atomic E-state index is 0.0156. The van der Waals surface area contributed by atoms with Gasteiger partial charge < -0.3 is 35.1 Å². The van der Waals surface area contributed by atoms with Gasteiger partial charge in [0, 0.05) is 73.8 Å². The van der Waals surface area contributed by atoms with Crippen molar-refractivity contribution >= 4 is 34.9 Å². The summed E-state index contributed by atoms with van der Waals surface area (Å²) in [5.74, 6) is 1.74. The van der Waals surface area contributed by atoms with Gasteiger partial charge in [-0.05, 0) is 62.9 Å². The van der Waals surface area contributed by atoms with E-state index in [2.05, 4.69) is 25.8 Å². The number of nitrogens with one attached hydrogen (secondary N) is 3. The fourth-order valence-electron chi connectivity index (χ4n) is 5.94. The number of carbonyl (C=O) groups is 2. The molecule has 1 saturated heterocycles. The molecule has 2 aliphatic heterocycles. The van der Waals surface area contributed by atoms with Crippen LogP contribution in [0.1, 0.15) is 39.7 Å². The molecule has 0 saturated carbocycles. The summed E-state index contributed by atoms with van der Waals surface area (Å²) in [6, 6.07) is 13.8. The number of methoxy groups -OCH3 is 1. The summed E-state index contributed by atoms with van der Waals surface area (Å²) >= 11 is 0. The summed E-state index contributed by atoms with van der Waals surface area (Å²) in [6.07, 6.45) is 5.22. The van der Waals surface area contributed by atoms with Crippen molar-refractivity contribution in [1.29, 1.82) is 0 Å². The maximum Gasteiger partial charge on any atom is 0.317 e. The van der Waals surface area contributed by atoms with Crippen LogP contribution in [0.3, 0.4) is 0 Å². The molecule has 0 aliphatic carbocycles. The number of anilines is 4. The molecule has 11 heteroatoms. The number of amides is 3. The third kappa shape index (κ3) is 5.64. The molecule has 2 aromatic carbocycles. The molecule has 2 aliphatic rings. The zero-order chi connectivity index (χ0) is 30.8. The van der Waals surface area contributed by atoms with E-state index in [1.807, 2.05) is 85.1 Å². The third-order valence-electron chi connectivity index (χ3n) is 8.35. The molecule has 0 atom stereocenters. The standard InChI is InChI=1S/C33H38N8O3/c1-5-34-33(43)40-17-15-39(16-18-40)24-10-11-26(28(19-24)44-4)36-32-35-20-23-9-12-27-25(13-14-41(27)30(23)38-32)31(42)37-29-21(2)7-6-8-22(29)3/h6-8,10-11,13-14,19-20H,5,9,12,15-18H2,1-4H3,(H,34,43)(H,37,42)(H,35,36,38). The Kier molecular flexibility index (Phi) is 8.10. The van der Waals surface area contributed by atoms with Gasteiger partial charge in [-0.1, -0.05) is 18.2 Å². The van der Waals surface area contributed by atoms with Crippen LogP contribution in [0.4, 0.5) is 27.8 Å². The molecule has 4 heterocycles. The fourth-order valence-corrected chi connectivity index (χ4v) is 5.94. The number of piperazine rings is 1. The highest BCUT2D eigenvalue weighted by Gasteiger charge is 2.25. The Balaban J connectivity index is 1.19. The maximum atomic E-state index is 13.3. The summed E-state index contributed by atoms with van der Waals surface area (Å²) in [4.78, 5) is 39.1. The zero-order valence-electron chi connectivity index (χ0n) is 25.6. The second-order valence-electron chi connectivity index (χ2n) is 11.1. The lowest BCUT2D eigenvalue weighted by Crippen LogP contribution is -2.51. The monoisotopic (exact) mass is 594 g/mol. The van der Waals surface area contributed by atoms with Crippen LogP contribution in [0.5, 0.6) is 5.75 Å². The van der Waals surface area contributed by atoms with E-state index in [9.17, 15) is 9.59 Å². The van der Waals surface area contributed by atoms with Crippen molar-refractivity contribution in [1.82, 2.24) is 24.8 Å². The SMILES string of the molecule is CCNC(=O)N1CCN(c2ccc(Nc3ncc4c(n3)-n3ccc(C(=O)Nc5c(C)cccc5C)c3CC4)c(OC)c2)CC1. The van der Waals surface area contributed by atoms with Crippen LogP contribution in [0.25, 0.3) is 5.82 Å². The minimum atomic E-state index is -0.123. The number of carbonyl (C=O) groups excluding carboxylic acids is 2. The van der Waals surface area contributed by atoms with Gasteiger partial charge >= 0.3 is 6.03 Å². The van der Waals surface area contributed by atoms with Crippen molar-refractivity contribution in [2.45, 2.75) is 33.6 Å². The van der Waals surface area contributed by atoms with E-state index in [1.54, 1.807) is 7.11 Å². The third-order valence-corrected chi connectivity index (χ3v) is 8.35. The van der Waals surface area contributed by atoms with Crippen molar-refractivity contribution < 1.29 is 14.3 Å². The molecule has 6 rings (SSSR count). The molecule has 3 N–H and O–H groups in total. The van der Waals surface area contributed by atoms with E-state index < -0.39 is 0 Å². The summed E-state index contributed by atoms with van der Waals surface area (Å²) in [5, 5.41) is 9.31.